The number of benzene rings is 1. The molecule has 0 spiro atoms. The van der Waals surface area contributed by atoms with Gasteiger partial charge in [0.05, 0.1) is 5.56 Å². The molecule has 5 nitrogen and oxygen atoms in total. The number of alkyl halides is 3. The van der Waals surface area contributed by atoms with Gasteiger partial charge < -0.3 is 9.84 Å². The lowest BCUT2D eigenvalue weighted by Gasteiger charge is -2.07. The van der Waals surface area contributed by atoms with E-state index in [9.17, 15) is 31.1 Å². The molecule has 0 fully saturated rings. The number of carbonyl (C=O) groups excluding carboxylic acids is 1. The summed E-state index contributed by atoms with van der Waals surface area (Å²) in [6, 6.07) is 5.01. The van der Waals surface area contributed by atoms with Crippen molar-refractivity contribution in [3.63, 3.8) is 0 Å². The lowest BCUT2D eigenvalue weighted by molar-refractivity contribution is -0.137. The van der Waals surface area contributed by atoms with E-state index >= 15 is 0 Å². The van der Waals surface area contributed by atoms with Gasteiger partial charge in [0.1, 0.15) is 16.4 Å². The van der Waals surface area contributed by atoms with Gasteiger partial charge in [0, 0.05) is 11.6 Å². The molecule has 2 heterocycles. The molecule has 28 heavy (non-hydrogen) atoms. The normalized spacial score (nSPS) is 11.5. The SMILES string of the molecule is O=C(Nc1c(F)c(F)nc(F)c1Cl)c1cc(-c2cccc(C(F)(F)F)c2)no1. The van der Waals surface area contributed by atoms with Crippen molar-refractivity contribution in [2.45, 2.75) is 6.18 Å². The molecule has 1 N–H and O–H groups in total. The summed E-state index contributed by atoms with van der Waals surface area (Å²) in [6.45, 7) is 0. The van der Waals surface area contributed by atoms with E-state index in [1.807, 2.05) is 0 Å². The fourth-order valence-electron chi connectivity index (χ4n) is 2.14. The number of nitrogens with one attached hydrogen (secondary N) is 1. The van der Waals surface area contributed by atoms with Crippen molar-refractivity contribution in [2.75, 3.05) is 5.32 Å². The summed E-state index contributed by atoms with van der Waals surface area (Å²) in [5.74, 6) is -6.87. The third kappa shape index (κ3) is 3.79. The van der Waals surface area contributed by atoms with Gasteiger partial charge in [-0.1, -0.05) is 28.9 Å². The third-order valence-corrected chi connectivity index (χ3v) is 3.80. The van der Waals surface area contributed by atoms with Crippen LogP contribution in [0.3, 0.4) is 0 Å². The molecule has 1 amide bonds. The molecule has 2 aromatic heterocycles. The van der Waals surface area contributed by atoms with E-state index < -0.39 is 51.8 Å². The first-order valence-electron chi connectivity index (χ1n) is 7.23. The second kappa shape index (κ2) is 7.15. The Morgan fingerprint density at radius 2 is 1.82 bits per heavy atom. The largest absolute Gasteiger partial charge is 0.416 e. The van der Waals surface area contributed by atoms with Crippen LogP contribution in [-0.2, 0) is 6.18 Å². The molecule has 0 saturated heterocycles. The van der Waals surface area contributed by atoms with E-state index in [-0.39, 0.29) is 11.3 Å². The van der Waals surface area contributed by atoms with E-state index in [4.69, 9.17) is 16.1 Å². The zero-order valence-corrected chi connectivity index (χ0v) is 14.0. The molecule has 12 heteroatoms. The monoisotopic (exact) mass is 421 g/mol. The van der Waals surface area contributed by atoms with Crippen molar-refractivity contribution in [1.29, 1.82) is 0 Å². The molecular weight excluding hydrogens is 416 g/mol. The smallest absolute Gasteiger partial charge is 0.350 e. The lowest BCUT2D eigenvalue weighted by Crippen LogP contribution is -2.14. The van der Waals surface area contributed by atoms with Gasteiger partial charge >= 0.3 is 6.18 Å². The van der Waals surface area contributed by atoms with Crippen LogP contribution in [0.2, 0.25) is 5.02 Å². The number of amides is 1. The Hall–Kier alpha value is -3.08. The molecule has 3 aromatic rings. The molecule has 0 saturated carbocycles. The Balaban J connectivity index is 1.89. The van der Waals surface area contributed by atoms with Gasteiger partial charge in [-0.15, -0.1) is 0 Å². The molecule has 3 rings (SSSR count). The highest BCUT2D eigenvalue weighted by Gasteiger charge is 2.31. The Morgan fingerprint density at radius 1 is 1.11 bits per heavy atom. The first-order valence-corrected chi connectivity index (χ1v) is 7.61. The molecule has 1 aromatic carbocycles. The number of halogens is 7. The van der Waals surface area contributed by atoms with Crippen LogP contribution in [0.5, 0.6) is 0 Å². The second-order valence-electron chi connectivity index (χ2n) is 5.31. The number of hydrogen-bond donors (Lipinski definition) is 1. The van der Waals surface area contributed by atoms with Crippen LogP contribution in [0, 0.1) is 17.7 Å². The quantitative estimate of drug-likeness (QED) is 0.473. The van der Waals surface area contributed by atoms with Crippen molar-refractivity contribution in [2.24, 2.45) is 0 Å². The van der Waals surface area contributed by atoms with E-state index in [1.54, 1.807) is 5.32 Å². The molecular formula is C16H6ClF6N3O2. The van der Waals surface area contributed by atoms with Crippen LogP contribution in [0.1, 0.15) is 16.1 Å². The Labute approximate surface area is 156 Å². The molecule has 0 unspecified atom stereocenters. The van der Waals surface area contributed by atoms with Crippen LogP contribution < -0.4 is 5.32 Å². The number of nitrogens with zero attached hydrogens (tertiary/aromatic N) is 2. The van der Waals surface area contributed by atoms with Gasteiger partial charge in [-0.2, -0.15) is 31.3 Å². The number of pyridine rings is 1. The molecule has 0 aliphatic heterocycles. The number of hydrogen-bond acceptors (Lipinski definition) is 4. The maximum Gasteiger partial charge on any atom is 0.416 e. The van der Waals surface area contributed by atoms with Crippen molar-refractivity contribution in [3.8, 4) is 11.3 Å². The van der Waals surface area contributed by atoms with Crippen LogP contribution >= 0.6 is 11.6 Å². The first kappa shape index (κ1) is 19.7. The van der Waals surface area contributed by atoms with Gasteiger partial charge in [-0.3, -0.25) is 4.79 Å². The molecule has 0 aliphatic rings. The van der Waals surface area contributed by atoms with Crippen LogP contribution in [0.25, 0.3) is 11.3 Å². The zero-order chi connectivity index (χ0) is 20.6. The topological polar surface area (TPSA) is 68.0 Å². The summed E-state index contributed by atoms with van der Waals surface area (Å²) in [5.41, 5.74) is -2.11. The maximum absolute atomic E-state index is 13.7. The maximum atomic E-state index is 13.7. The molecule has 0 aliphatic carbocycles. The van der Waals surface area contributed by atoms with Crippen molar-refractivity contribution < 1.29 is 35.7 Å². The van der Waals surface area contributed by atoms with E-state index in [2.05, 4.69) is 10.1 Å². The van der Waals surface area contributed by atoms with Crippen LogP contribution in [-0.4, -0.2) is 16.0 Å². The molecule has 146 valence electrons. The third-order valence-electron chi connectivity index (χ3n) is 3.46. The Morgan fingerprint density at radius 3 is 2.50 bits per heavy atom. The summed E-state index contributed by atoms with van der Waals surface area (Å²) in [7, 11) is 0. The molecule has 0 bridgehead atoms. The molecule has 0 radical (unpaired) electrons. The minimum absolute atomic E-state index is 0.0113. The first-order chi connectivity index (χ1) is 13.1. The van der Waals surface area contributed by atoms with Crippen molar-refractivity contribution in [1.82, 2.24) is 10.1 Å². The minimum atomic E-state index is -4.59. The van der Waals surface area contributed by atoms with Crippen molar-refractivity contribution >= 4 is 23.2 Å². The molecule has 0 atom stereocenters. The summed E-state index contributed by atoms with van der Waals surface area (Å²) >= 11 is 5.45. The second-order valence-corrected chi connectivity index (χ2v) is 5.68. The Bertz CT molecular complexity index is 1040. The highest BCUT2D eigenvalue weighted by molar-refractivity contribution is 6.33. The van der Waals surface area contributed by atoms with E-state index in [1.165, 1.54) is 6.07 Å². The van der Waals surface area contributed by atoms with Gasteiger partial charge in [0.25, 0.3) is 11.9 Å². The van der Waals surface area contributed by atoms with Gasteiger partial charge in [0.2, 0.25) is 17.5 Å². The summed E-state index contributed by atoms with van der Waals surface area (Å²) < 4.78 is 83.2. The van der Waals surface area contributed by atoms with Gasteiger partial charge in [-0.05, 0) is 12.1 Å². The predicted molar refractivity (Wildman–Crippen MR) is 84.0 cm³/mol. The average Bonchev–Trinajstić information content (AvgIpc) is 3.13. The predicted octanol–water partition coefficient (Wildman–Crippen LogP) is 5.08. The number of carbonyl (C=O) groups is 1. The highest BCUT2D eigenvalue weighted by atomic mass is 35.5. The van der Waals surface area contributed by atoms with E-state index in [0.29, 0.717) is 0 Å². The minimum Gasteiger partial charge on any atom is -0.350 e. The zero-order valence-electron chi connectivity index (χ0n) is 13.2. The number of rotatable bonds is 3. The van der Waals surface area contributed by atoms with Gasteiger partial charge in [-0.25, -0.2) is 0 Å². The number of anilines is 1. The standard InChI is InChI=1S/C16H6ClF6N3O2/c17-10-12(11(18)14(20)25-13(10)19)24-15(27)9-5-8(26-28-9)6-2-1-3-7(4-6)16(21,22)23/h1-5H,(H,24,25,27). The van der Waals surface area contributed by atoms with Gasteiger partial charge in [0.15, 0.2) is 0 Å². The number of aromatic nitrogens is 2. The van der Waals surface area contributed by atoms with Crippen LogP contribution in [0.4, 0.5) is 32.0 Å². The van der Waals surface area contributed by atoms with E-state index in [0.717, 1.165) is 24.3 Å². The fraction of sp³-hybridized carbons (Fsp3) is 0.0625. The average molecular weight is 422 g/mol. The van der Waals surface area contributed by atoms with Crippen LogP contribution in [0.15, 0.2) is 34.9 Å². The Kier molecular flexibility index (Phi) is 5.02. The van der Waals surface area contributed by atoms with Crippen molar-refractivity contribution in [3.05, 3.63) is 64.4 Å². The summed E-state index contributed by atoms with van der Waals surface area (Å²) in [4.78, 5) is 14.7. The fourth-order valence-corrected chi connectivity index (χ4v) is 2.32. The lowest BCUT2D eigenvalue weighted by atomic mass is 10.1. The highest BCUT2D eigenvalue weighted by Crippen LogP contribution is 2.32. The summed E-state index contributed by atoms with van der Waals surface area (Å²) in [5, 5.41) is 4.28. The summed E-state index contributed by atoms with van der Waals surface area (Å²) in [6.07, 6.45) is -4.59.